The van der Waals surface area contributed by atoms with Crippen LogP contribution in [0.15, 0.2) is 18.2 Å². The molecule has 1 N–H and O–H groups in total. The zero-order chi connectivity index (χ0) is 19.6. The van der Waals surface area contributed by atoms with Gasteiger partial charge in [0.2, 0.25) is 0 Å². The molecule has 5 nitrogen and oxygen atoms in total. The van der Waals surface area contributed by atoms with E-state index in [1.165, 1.54) is 0 Å². The van der Waals surface area contributed by atoms with Crippen molar-refractivity contribution in [1.82, 2.24) is 9.97 Å². The molecule has 27 heavy (non-hydrogen) atoms. The Morgan fingerprint density at radius 2 is 1.96 bits per heavy atom. The Morgan fingerprint density at radius 3 is 2.56 bits per heavy atom. The molecule has 0 bridgehead atoms. The predicted octanol–water partition coefficient (Wildman–Crippen LogP) is 4.77. The van der Waals surface area contributed by atoms with Crippen molar-refractivity contribution in [3.05, 3.63) is 39.6 Å². The molecule has 7 heteroatoms. The first-order valence-corrected chi connectivity index (χ1v) is 9.79. The number of hydrogen-bond acceptors (Lipinski definition) is 5. The maximum Gasteiger partial charge on any atom is 0.153 e. The van der Waals surface area contributed by atoms with Crippen LogP contribution in [0, 0.1) is 23.7 Å². The van der Waals surface area contributed by atoms with Crippen LogP contribution in [0.2, 0.25) is 10.0 Å². The molecule has 0 unspecified atom stereocenters. The molecule has 2 heterocycles. The number of aromatic nitrogens is 2. The largest absolute Gasteiger partial charge is 0.390 e. The molecule has 2 aromatic rings. The molecule has 0 atom stereocenters. The average molecular weight is 405 g/mol. The molecular weight excluding hydrogens is 383 g/mol. The summed E-state index contributed by atoms with van der Waals surface area (Å²) in [5, 5.41) is 20.3. The van der Waals surface area contributed by atoms with Crippen LogP contribution in [0.1, 0.15) is 37.6 Å². The Hall–Kier alpha value is -1.87. The van der Waals surface area contributed by atoms with Gasteiger partial charge in [0.1, 0.15) is 5.69 Å². The third kappa shape index (κ3) is 3.75. The molecule has 1 aliphatic heterocycles. The number of piperidine rings is 1. The Morgan fingerprint density at radius 1 is 1.26 bits per heavy atom. The number of aliphatic hydroxyl groups is 1. The third-order valence-corrected chi connectivity index (χ3v) is 6.23. The van der Waals surface area contributed by atoms with Gasteiger partial charge in [-0.2, -0.15) is 5.26 Å². The van der Waals surface area contributed by atoms with Gasteiger partial charge in [-0.1, -0.05) is 42.3 Å². The third-order valence-electron chi connectivity index (χ3n) is 5.41. The lowest BCUT2D eigenvalue weighted by Crippen LogP contribution is -2.40. The lowest BCUT2D eigenvalue weighted by molar-refractivity contribution is 0.272. The van der Waals surface area contributed by atoms with Crippen LogP contribution >= 0.6 is 23.2 Å². The van der Waals surface area contributed by atoms with E-state index in [1.54, 1.807) is 6.07 Å². The van der Waals surface area contributed by atoms with Gasteiger partial charge in [0.05, 0.1) is 39.5 Å². The van der Waals surface area contributed by atoms with Crippen LogP contribution in [0.5, 0.6) is 0 Å². The molecular formula is C20H22Cl2N4O. The number of benzene rings is 1. The highest BCUT2D eigenvalue weighted by Gasteiger charge is 2.34. The van der Waals surface area contributed by atoms with Crippen molar-refractivity contribution < 1.29 is 5.11 Å². The first kappa shape index (κ1) is 19.9. The fourth-order valence-electron chi connectivity index (χ4n) is 3.53. The number of aryl methyl sites for hydroxylation is 1. The second kappa shape index (κ2) is 8.02. The van der Waals surface area contributed by atoms with Crippen LogP contribution in [0.25, 0.3) is 11.3 Å². The van der Waals surface area contributed by atoms with Crippen LogP contribution in [0.3, 0.4) is 0 Å². The molecule has 1 aliphatic rings. The van der Waals surface area contributed by atoms with E-state index in [4.69, 9.17) is 28.2 Å². The Labute approximate surface area is 169 Å². The quantitative estimate of drug-likeness (QED) is 0.793. The van der Waals surface area contributed by atoms with Gasteiger partial charge >= 0.3 is 0 Å². The second-order valence-electron chi connectivity index (χ2n) is 6.92. The number of anilines is 1. The normalized spacial score (nSPS) is 16.2. The van der Waals surface area contributed by atoms with E-state index in [2.05, 4.69) is 22.9 Å². The van der Waals surface area contributed by atoms with Crippen LogP contribution in [-0.4, -0.2) is 28.2 Å². The number of rotatable bonds is 4. The summed E-state index contributed by atoms with van der Waals surface area (Å²) in [6.45, 7) is 5.16. The predicted molar refractivity (Wildman–Crippen MR) is 108 cm³/mol. The van der Waals surface area contributed by atoms with Gasteiger partial charge in [0, 0.05) is 18.7 Å². The first-order chi connectivity index (χ1) is 12.9. The highest BCUT2D eigenvalue weighted by atomic mass is 35.5. The zero-order valence-corrected chi connectivity index (χ0v) is 17.0. The van der Waals surface area contributed by atoms with Crippen molar-refractivity contribution in [1.29, 1.82) is 5.26 Å². The number of hydrogen-bond donors (Lipinski definition) is 1. The summed E-state index contributed by atoms with van der Waals surface area (Å²) in [6.07, 6.45) is 2.42. The summed E-state index contributed by atoms with van der Waals surface area (Å²) in [4.78, 5) is 11.5. The monoisotopic (exact) mass is 404 g/mol. The topological polar surface area (TPSA) is 73.0 Å². The minimum Gasteiger partial charge on any atom is -0.390 e. The van der Waals surface area contributed by atoms with Crippen molar-refractivity contribution in [2.24, 2.45) is 5.41 Å². The number of nitrogens with zero attached hydrogens (tertiary/aromatic N) is 4. The van der Waals surface area contributed by atoms with Gasteiger partial charge < -0.3 is 10.0 Å². The molecule has 0 aliphatic carbocycles. The van der Waals surface area contributed by atoms with E-state index < -0.39 is 0 Å². The van der Waals surface area contributed by atoms with Crippen LogP contribution in [-0.2, 0) is 6.61 Å². The van der Waals surface area contributed by atoms with E-state index in [9.17, 15) is 10.4 Å². The van der Waals surface area contributed by atoms with Crippen molar-refractivity contribution in [3.63, 3.8) is 0 Å². The lowest BCUT2D eigenvalue weighted by atomic mass is 9.77. The minimum absolute atomic E-state index is 0.221. The van der Waals surface area contributed by atoms with Gasteiger partial charge in [0.25, 0.3) is 0 Å². The maximum atomic E-state index is 9.89. The van der Waals surface area contributed by atoms with E-state index in [0.717, 1.165) is 38.0 Å². The van der Waals surface area contributed by atoms with Gasteiger partial charge in [-0.05, 0) is 32.3 Å². The van der Waals surface area contributed by atoms with E-state index in [0.29, 0.717) is 32.8 Å². The fraction of sp³-hybridized carbons (Fsp3) is 0.450. The molecule has 0 amide bonds. The molecule has 142 valence electrons. The van der Waals surface area contributed by atoms with Crippen molar-refractivity contribution in [3.8, 4) is 17.3 Å². The number of nitriles is 1. The Bertz CT molecular complexity index is 886. The highest BCUT2D eigenvalue weighted by molar-refractivity contribution is 6.43. The molecule has 1 aromatic carbocycles. The molecule has 0 saturated carbocycles. The summed E-state index contributed by atoms with van der Waals surface area (Å²) in [5.41, 5.74) is 2.29. The number of halogens is 2. The summed E-state index contributed by atoms with van der Waals surface area (Å²) < 4.78 is 0. The zero-order valence-electron chi connectivity index (χ0n) is 15.5. The summed E-state index contributed by atoms with van der Waals surface area (Å²) >= 11 is 12.5. The van der Waals surface area contributed by atoms with Crippen molar-refractivity contribution >= 4 is 29.0 Å². The van der Waals surface area contributed by atoms with Crippen LogP contribution < -0.4 is 4.90 Å². The van der Waals surface area contributed by atoms with Gasteiger partial charge in [-0.3, -0.25) is 0 Å². The maximum absolute atomic E-state index is 9.89. The molecule has 1 fully saturated rings. The van der Waals surface area contributed by atoms with E-state index >= 15 is 0 Å². The fourth-order valence-corrected chi connectivity index (χ4v) is 3.92. The standard InChI is InChI=1S/C20H22Cl2N4O/c1-3-20(12-23)7-9-26(10-8-20)19-16(11-27)25-18(13(2)24-19)14-5-4-6-15(21)17(14)22/h4-6,27H,3,7-11H2,1-2H3. The molecule has 0 radical (unpaired) electrons. The molecule has 3 rings (SSSR count). The van der Waals surface area contributed by atoms with Gasteiger partial charge in [0.15, 0.2) is 5.82 Å². The van der Waals surface area contributed by atoms with Gasteiger partial charge in [-0.25, -0.2) is 9.97 Å². The average Bonchev–Trinajstić information content (AvgIpc) is 2.70. The minimum atomic E-state index is -0.257. The van der Waals surface area contributed by atoms with Gasteiger partial charge in [-0.15, -0.1) is 0 Å². The Balaban J connectivity index is 1.97. The van der Waals surface area contributed by atoms with E-state index in [-0.39, 0.29) is 12.0 Å². The molecule has 0 spiro atoms. The lowest BCUT2D eigenvalue weighted by Gasteiger charge is -2.38. The summed E-state index contributed by atoms with van der Waals surface area (Å²) in [5.74, 6) is 0.680. The van der Waals surface area contributed by atoms with E-state index in [1.807, 2.05) is 19.1 Å². The van der Waals surface area contributed by atoms with Crippen LogP contribution in [0.4, 0.5) is 5.82 Å². The first-order valence-electron chi connectivity index (χ1n) is 9.03. The number of aliphatic hydroxyl groups excluding tert-OH is 1. The molecule has 1 saturated heterocycles. The summed E-state index contributed by atoms with van der Waals surface area (Å²) in [7, 11) is 0. The molecule has 1 aromatic heterocycles. The second-order valence-corrected chi connectivity index (χ2v) is 7.71. The highest BCUT2D eigenvalue weighted by Crippen LogP contribution is 2.38. The Kier molecular flexibility index (Phi) is 5.90. The van der Waals surface area contributed by atoms with Crippen molar-refractivity contribution in [2.45, 2.75) is 39.7 Å². The van der Waals surface area contributed by atoms with Crippen molar-refractivity contribution in [2.75, 3.05) is 18.0 Å². The summed E-state index contributed by atoms with van der Waals surface area (Å²) in [6, 6.07) is 7.86. The smallest absolute Gasteiger partial charge is 0.153 e. The SMILES string of the molecule is CCC1(C#N)CCN(c2nc(C)c(-c3cccc(Cl)c3Cl)nc2CO)CC1.